The van der Waals surface area contributed by atoms with Gasteiger partial charge in [-0.1, -0.05) is 42.1 Å². The second kappa shape index (κ2) is 9.46. The molecule has 6 heteroatoms. The van der Waals surface area contributed by atoms with Gasteiger partial charge in [-0.25, -0.2) is 4.98 Å². The van der Waals surface area contributed by atoms with E-state index in [2.05, 4.69) is 4.98 Å². The Morgan fingerprint density at radius 3 is 2.57 bits per heavy atom. The number of nitrogens with zero attached hydrogens (tertiary/aromatic N) is 2. The zero-order valence-corrected chi connectivity index (χ0v) is 17.2. The smallest absolute Gasteiger partial charge is 0.233 e. The quantitative estimate of drug-likeness (QED) is 0.529. The second-order valence-corrected chi connectivity index (χ2v) is 7.22. The summed E-state index contributed by atoms with van der Waals surface area (Å²) in [7, 11) is 3.22. The highest BCUT2D eigenvalue weighted by molar-refractivity contribution is 7.99. The number of benzene rings is 2. The number of hydrogen-bond acceptors (Lipinski definition) is 5. The molecular formula is C22H24N2O3S. The van der Waals surface area contributed by atoms with Crippen molar-refractivity contribution in [1.82, 2.24) is 9.88 Å². The lowest BCUT2D eigenvalue weighted by Gasteiger charge is -2.21. The molecule has 0 bridgehead atoms. The van der Waals surface area contributed by atoms with Gasteiger partial charge in [0, 0.05) is 18.5 Å². The van der Waals surface area contributed by atoms with Gasteiger partial charge in [-0.3, -0.25) is 4.79 Å². The van der Waals surface area contributed by atoms with Crippen molar-refractivity contribution in [2.45, 2.75) is 18.5 Å². The van der Waals surface area contributed by atoms with Gasteiger partial charge in [-0.15, -0.1) is 0 Å². The van der Waals surface area contributed by atoms with E-state index in [1.165, 1.54) is 11.8 Å². The highest BCUT2D eigenvalue weighted by atomic mass is 32.2. The number of hydrogen-bond donors (Lipinski definition) is 0. The number of carbonyl (C=O) groups is 1. The van der Waals surface area contributed by atoms with Crippen molar-refractivity contribution in [2.75, 3.05) is 26.5 Å². The van der Waals surface area contributed by atoms with Crippen LogP contribution in [0.1, 0.15) is 12.5 Å². The first-order valence-corrected chi connectivity index (χ1v) is 10.1. The van der Waals surface area contributed by atoms with E-state index in [4.69, 9.17) is 9.47 Å². The standard InChI is InChI=1S/C22H24N2O3S/c1-4-24(14-16-9-11-19(26-2)20(13-16)27-3)22(25)15-28-21-12-10-17-7-5-6-8-18(17)23-21/h5-13H,4,14-15H2,1-3H3. The first-order valence-electron chi connectivity index (χ1n) is 9.12. The number of fused-ring (bicyclic) bond motifs is 1. The summed E-state index contributed by atoms with van der Waals surface area (Å²) in [4.78, 5) is 19.2. The van der Waals surface area contributed by atoms with E-state index < -0.39 is 0 Å². The minimum atomic E-state index is 0.0808. The van der Waals surface area contributed by atoms with E-state index in [0.717, 1.165) is 21.5 Å². The molecule has 0 N–H and O–H groups in total. The summed E-state index contributed by atoms with van der Waals surface area (Å²) in [6, 6.07) is 17.7. The highest BCUT2D eigenvalue weighted by Gasteiger charge is 2.14. The number of pyridine rings is 1. The summed E-state index contributed by atoms with van der Waals surface area (Å²) in [5, 5.41) is 1.95. The van der Waals surface area contributed by atoms with Gasteiger partial charge in [0.05, 0.1) is 30.5 Å². The Morgan fingerprint density at radius 1 is 1.04 bits per heavy atom. The molecule has 0 aliphatic heterocycles. The van der Waals surface area contributed by atoms with Crippen LogP contribution in [-0.4, -0.2) is 42.3 Å². The molecule has 3 aromatic rings. The van der Waals surface area contributed by atoms with E-state index in [9.17, 15) is 4.79 Å². The van der Waals surface area contributed by atoms with Crippen LogP contribution in [0.5, 0.6) is 11.5 Å². The van der Waals surface area contributed by atoms with Crippen molar-refractivity contribution >= 4 is 28.6 Å². The van der Waals surface area contributed by atoms with Crippen LogP contribution in [0.3, 0.4) is 0 Å². The molecule has 0 aliphatic carbocycles. The van der Waals surface area contributed by atoms with Crippen molar-refractivity contribution in [3.8, 4) is 11.5 Å². The molecule has 0 fully saturated rings. The minimum absolute atomic E-state index is 0.0808. The number of carbonyl (C=O) groups excluding carboxylic acids is 1. The van der Waals surface area contributed by atoms with Gasteiger partial charge in [-0.05, 0) is 36.8 Å². The third-order valence-corrected chi connectivity index (χ3v) is 5.39. The molecule has 1 heterocycles. The van der Waals surface area contributed by atoms with E-state index in [1.54, 1.807) is 14.2 Å². The Labute approximate surface area is 169 Å². The third kappa shape index (κ3) is 4.75. The van der Waals surface area contributed by atoms with Crippen LogP contribution in [-0.2, 0) is 11.3 Å². The lowest BCUT2D eigenvalue weighted by molar-refractivity contribution is -0.128. The number of methoxy groups -OCH3 is 2. The maximum Gasteiger partial charge on any atom is 0.233 e. The number of aromatic nitrogens is 1. The Morgan fingerprint density at radius 2 is 1.82 bits per heavy atom. The van der Waals surface area contributed by atoms with Crippen LogP contribution >= 0.6 is 11.8 Å². The number of rotatable bonds is 8. The Kier molecular flexibility index (Phi) is 6.76. The molecule has 28 heavy (non-hydrogen) atoms. The molecule has 1 aromatic heterocycles. The molecule has 0 spiro atoms. The van der Waals surface area contributed by atoms with E-state index >= 15 is 0 Å². The molecule has 1 amide bonds. The summed E-state index contributed by atoms with van der Waals surface area (Å²) >= 11 is 1.46. The highest BCUT2D eigenvalue weighted by Crippen LogP contribution is 2.28. The van der Waals surface area contributed by atoms with Gasteiger partial charge in [-0.2, -0.15) is 0 Å². The van der Waals surface area contributed by atoms with Crippen molar-refractivity contribution in [2.24, 2.45) is 0 Å². The van der Waals surface area contributed by atoms with Crippen LogP contribution in [0.15, 0.2) is 59.6 Å². The topological polar surface area (TPSA) is 51.7 Å². The molecule has 0 atom stereocenters. The molecule has 3 rings (SSSR count). The molecule has 0 aliphatic rings. The van der Waals surface area contributed by atoms with Crippen molar-refractivity contribution in [3.05, 3.63) is 60.2 Å². The van der Waals surface area contributed by atoms with Gasteiger partial charge in [0.15, 0.2) is 11.5 Å². The van der Waals surface area contributed by atoms with Gasteiger partial charge >= 0.3 is 0 Å². The fourth-order valence-corrected chi connectivity index (χ4v) is 3.71. The van der Waals surface area contributed by atoms with Gasteiger partial charge in [0.25, 0.3) is 0 Å². The molecule has 0 unspecified atom stereocenters. The summed E-state index contributed by atoms with van der Waals surface area (Å²) < 4.78 is 10.6. The second-order valence-electron chi connectivity index (χ2n) is 6.23. The van der Waals surface area contributed by atoms with Crippen LogP contribution in [0.2, 0.25) is 0 Å². The fraction of sp³-hybridized carbons (Fsp3) is 0.273. The fourth-order valence-electron chi connectivity index (χ4n) is 2.93. The largest absolute Gasteiger partial charge is 0.493 e. The Balaban J connectivity index is 1.64. The summed E-state index contributed by atoms with van der Waals surface area (Å²) in [5.41, 5.74) is 1.94. The van der Waals surface area contributed by atoms with Crippen LogP contribution < -0.4 is 9.47 Å². The van der Waals surface area contributed by atoms with Crippen molar-refractivity contribution in [1.29, 1.82) is 0 Å². The molecular weight excluding hydrogens is 372 g/mol. The third-order valence-electron chi connectivity index (χ3n) is 4.47. The Hall–Kier alpha value is -2.73. The van der Waals surface area contributed by atoms with Gasteiger partial charge < -0.3 is 14.4 Å². The Bertz CT molecular complexity index is 961. The molecule has 146 valence electrons. The SMILES string of the molecule is CCN(Cc1ccc(OC)c(OC)c1)C(=O)CSc1ccc2ccccc2n1. The van der Waals surface area contributed by atoms with Crippen LogP contribution in [0.4, 0.5) is 0 Å². The average molecular weight is 397 g/mol. The van der Waals surface area contributed by atoms with E-state index in [1.807, 2.05) is 66.4 Å². The predicted molar refractivity (Wildman–Crippen MR) is 113 cm³/mol. The monoisotopic (exact) mass is 396 g/mol. The normalized spacial score (nSPS) is 10.7. The summed E-state index contributed by atoms with van der Waals surface area (Å²) in [5.74, 6) is 1.78. The molecule has 0 saturated heterocycles. The zero-order chi connectivity index (χ0) is 19.9. The van der Waals surface area contributed by atoms with Crippen LogP contribution in [0.25, 0.3) is 10.9 Å². The summed E-state index contributed by atoms with van der Waals surface area (Å²) in [6.45, 7) is 3.15. The van der Waals surface area contributed by atoms with Gasteiger partial charge in [0.1, 0.15) is 0 Å². The molecule has 2 aromatic carbocycles. The number of amides is 1. The first-order chi connectivity index (χ1) is 13.6. The number of ether oxygens (including phenoxy) is 2. The van der Waals surface area contributed by atoms with E-state index in [0.29, 0.717) is 30.3 Å². The molecule has 5 nitrogen and oxygen atoms in total. The zero-order valence-electron chi connectivity index (χ0n) is 16.3. The molecule has 0 radical (unpaired) electrons. The van der Waals surface area contributed by atoms with Crippen molar-refractivity contribution < 1.29 is 14.3 Å². The lowest BCUT2D eigenvalue weighted by Crippen LogP contribution is -2.31. The predicted octanol–water partition coefficient (Wildman–Crippen LogP) is 4.39. The first kappa shape index (κ1) is 20.0. The number of thioether (sulfide) groups is 1. The molecule has 0 saturated carbocycles. The maximum atomic E-state index is 12.7. The lowest BCUT2D eigenvalue weighted by atomic mass is 10.2. The van der Waals surface area contributed by atoms with E-state index in [-0.39, 0.29) is 5.91 Å². The number of para-hydroxylation sites is 1. The summed E-state index contributed by atoms with van der Waals surface area (Å²) in [6.07, 6.45) is 0. The van der Waals surface area contributed by atoms with Crippen LogP contribution in [0, 0.1) is 0 Å². The minimum Gasteiger partial charge on any atom is -0.493 e. The van der Waals surface area contributed by atoms with Gasteiger partial charge in [0.2, 0.25) is 5.91 Å². The van der Waals surface area contributed by atoms with Crippen molar-refractivity contribution in [3.63, 3.8) is 0 Å². The average Bonchev–Trinajstić information content (AvgIpc) is 2.75. The maximum absolute atomic E-state index is 12.7.